The second-order valence-electron chi connectivity index (χ2n) is 4.76. The lowest BCUT2D eigenvalue weighted by atomic mass is 9.99. The monoisotopic (exact) mass is 350 g/mol. The van der Waals surface area contributed by atoms with Gasteiger partial charge in [0.1, 0.15) is 5.82 Å². The Labute approximate surface area is 129 Å². The molecule has 19 heavy (non-hydrogen) atoms. The number of hydrogen-bond donors (Lipinski definition) is 1. The maximum Gasteiger partial charge on any atom is 0.128 e. The van der Waals surface area contributed by atoms with Crippen molar-refractivity contribution in [2.45, 2.75) is 25.8 Å². The fraction of sp³-hybridized carbons (Fsp3) is 0.571. The second kappa shape index (κ2) is 8.20. The molecule has 1 heterocycles. The van der Waals surface area contributed by atoms with Crippen molar-refractivity contribution < 1.29 is 4.39 Å². The summed E-state index contributed by atoms with van der Waals surface area (Å²) in [4.78, 5) is 2.39. The van der Waals surface area contributed by atoms with Gasteiger partial charge in [-0.3, -0.25) is 4.90 Å². The molecule has 5 heteroatoms. The Morgan fingerprint density at radius 2 is 2.05 bits per heavy atom. The van der Waals surface area contributed by atoms with Crippen molar-refractivity contribution >= 4 is 28.3 Å². The zero-order valence-corrected chi connectivity index (χ0v) is 13.6. The molecule has 0 bridgehead atoms. The van der Waals surface area contributed by atoms with E-state index in [4.69, 9.17) is 0 Å². The van der Waals surface area contributed by atoms with E-state index in [1.807, 2.05) is 6.07 Å². The van der Waals surface area contributed by atoms with Crippen LogP contribution in [0.25, 0.3) is 0 Å². The first kappa shape index (κ1) is 16.9. The smallest absolute Gasteiger partial charge is 0.128 e. The van der Waals surface area contributed by atoms with Crippen molar-refractivity contribution in [3.05, 3.63) is 34.1 Å². The quantitative estimate of drug-likeness (QED) is 0.888. The molecule has 1 aliphatic heterocycles. The fourth-order valence-corrected chi connectivity index (χ4v) is 2.95. The minimum atomic E-state index is -0.0878. The second-order valence-corrected chi connectivity index (χ2v) is 5.67. The number of hydrogen-bond acceptors (Lipinski definition) is 2. The summed E-state index contributed by atoms with van der Waals surface area (Å²) in [5.74, 6) is -0.0878. The predicted octanol–water partition coefficient (Wildman–Crippen LogP) is 3.76. The topological polar surface area (TPSA) is 15.3 Å². The molecule has 0 aliphatic carbocycles. The van der Waals surface area contributed by atoms with E-state index in [1.165, 1.54) is 0 Å². The molecule has 1 atom stereocenters. The van der Waals surface area contributed by atoms with Crippen LogP contribution in [-0.2, 0) is 0 Å². The Morgan fingerprint density at radius 1 is 1.37 bits per heavy atom. The molecule has 0 aromatic heterocycles. The number of rotatable bonds is 4. The maximum absolute atomic E-state index is 14.0. The number of halogens is 3. The van der Waals surface area contributed by atoms with Crippen LogP contribution in [0.4, 0.5) is 4.39 Å². The third-order valence-electron chi connectivity index (χ3n) is 3.47. The molecular formula is C14H21BrClFN2. The van der Waals surface area contributed by atoms with Crippen LogP contribution < -0.4 is 5.32 Å². The minimum absolute atomic E-state index is 0. The fourth-order valence-electron chi connectivity index (χ4n) is 2.57. The first-order valence-corrected chi connectivity index (χ1v) is 7.41. The molecule has 1 N–H and O–H groups in total. The van der Waals surface area contributed by atoms with Crippen LogP contribution in [-0.4, -0.2) is 31.1 Å². The van der Waals surface area contributed by atoms with Gasteiger partial charge in [-0.25, -0.2) is 4.39 Å². The van der Waals surface area contributed by atoms with Crippen molar-refractivity contribution in [2.75, 3.05) is 26.2 Å². The average Bonchev–Trinajstić information content (AvgIpc) is 2.40. The van der Waals surface area contributed by atoms with E-state index in [0.29, 0.717) is 0 Å². The molecule has 1 fully saturated rings. The van der Waals surface area contributed by atoms with Crippen LogP contribution in [0.3, 0.4) is 0 Å². The highest BCUT2D eigenvalue weighted by molar-refractivity contribution is 9.10. The predicted molar refractivity (Wildman–Crippen MR) is 83.4 cm³/mol. The highest BCUT2D eigenvalue weighted by Crippen LogP contribution is 2.30. The van der Waals surface area contributed by atoms with E-state index >= 15 is 0 Å². The van der Waals surface area contributed by atoms with Crippen molar-refractivity contribution in [3.8, 4) is 0 Å². The van der Waals surface area contributed by atoms with Gasteiger partial charge in [-0.15, -0.1) is 12.4 Å². The van der Waals surface area contributed by atoms with E-state index < -0.39 is 0 Å². The molecule has 1 saturated heterocycles. The summed E-state index contributed by atoms with van der Waals surface area (Å²) in [6.45, 7) is 6.14. The van der Waals surface area contributed by atoms with Gasteiger partial charge in [-0.2, -0.15) is 0 Å². The van der Waals surface area contributed by atoms with Crippen LogP contribution in [0.15, 0.2) is 22.7 Å². The van der Waals surface area contributed by atoms with E-state index in [0.717, 1.165) is 49.1 Å². The van der Waals surface area contributed by atoms with Crippen molar-refractivity contribution in [1.82, 2.24) is 10.2 Å². The van der Waals surface area contributed by atoms with Gasteiger partial charge in [0.15, 0.2) is 0 Å². The van der Waals surface area contributed by atoms with Gasteiger partial charge in [0.05, 0.1) is 0 Å². The van der Waals surface area contributed by atoms with Crippen LogP contribution in [0.2, 0.25) is 0 Å². The Kier molecular flexibility index (Phi) is 7.29. The third-order valence-corrected chi connectivity index (χ3v) is 3.96. The number of piperazine rings is 1. The zero-order chi connectivity index (χ0) is 13.0. The standard InChI is InChI=1S/C14H20BrFN2.ClH/c1-2-3-14(18-8-6-17-7-9-18)12-10-11(15)4-5-13(12)16;/h4-5,10,14,17H,2-3,6-9H2,1H3;1H/t14-;/m0./s1. The van der Waals surface area contributed by atoms with Crippen LogP contribution in [0.5, 0.6) is 0 Å². The lowest BCUT2D eigenvalue weighted by Crippen LogP contribution is -2.45. The van der Waals surface area contributed by atoms with Gasteiger partial charge in [-0.05, 0) is 24.6 Å². The summed E-state index contributed by atoms with van der Waals surface area (Å²) in [7, 11) is 0. The molecule has 2 rings (SSSR count). The minimum Gasteiger partial charge on any atom is -0.314 e. The zero-order valence-electron chi connectivity index (χ0n) is 11.2. The van der Waals surface area contributed by atoms with Gasteiger partial charge in [0.25, 0.3) is 0 Å². The molecule has 2 nitrogen and oxygen atoms in total. The van der Waals surface area contributed by atoms with Crippen molar-refractivity contribution in [2.24, 2.45) is 0 Å². The van der Waals surface area contributed by atoms with Gasteiger partial charge >= 0.3 is 0 Å². The number of nitrogens with one attached hydrogen (secondary N) is 1. The molecule has 108 valence electrons. The molecule has 1 aromatic rings. The molecule has 0 amide bonds. The maximum atomic E-state index is 14.0. The Hall–Kier alpha value is -0.160. The summed E-state index contributed by atoms with van der Waals surface area (Å²) < 4.78 is 15.0. The molecule has 0 unspecified atom stereocenters. The van der Waals surface area contributed by atoms with E-state index in [-0.39, 0.29) is 24.3 Å². The highest BCUT2D eigenvalue weighted by Gasteiger charge is 2.23. The molecule has 0 radical (unpaired) electrons. The summed E-state index contributed by atoms with van der Waals surface area (Å²) >= 11 is 3.44. The molecule has 1 aromatic carbocycles. The third kappa shape index (κ3) is 4.42. The number of nitrogens with zero attached hydrogens (tertiary/aromatic N) is 1. The van der Waals surface area contributed by atoms with E-state index in [9.17, 15) is 4.39 Å². The Balaban J connectivity index is 0.00000180. The molecule has 0 saturated carbocycles. The normalized spacial score (nSPS) is 17.8. The van der Waals surface area contributed by atoms with E-state index in [2.05, 4.69) is 33.1 Å². The number of benzene rings is 1. The van der Waals surface area contributed by atoms with Gasteiger partial charge < -0.3 is 5.32 Å². The largest absolute Gasteiger partial charge is 0.314 e. The van der Waals surface area contributed by atoms with Gasteiger partial charge in [0.2, 0.25) is 0 Å². The first-order valence-electron chi connectivity index (χ1n) is 6.62. The average molecular weight is 352 g/mol. The molecule has 0 spiro atoms. The van der Waals surface area contributed by atoms with Crippen LogP contribution >= 0.6 is 28.3 Å². The van der Waals surface area contributed by atoms with Gasteiger partial charge in [0, 0.05) is 42.3 Å². The first-order chi connectivity index (χ1) is 8.72. The van der Waals surface area contributed by atoms with Crippen LogP contribution in [0, 0.1) is 5.82 Å². The van der Waals surface area contributed by atoms with Gasteiger partial charge in [-0.1, -0.05) is 29.3 Å². The SMILES string of the molecule is CCC[C@@H](c1cc(Br)ccc1F)N1CCNCC1.Cl. The highest BCUT2D eigenvalue weighted by atomic mass is 79.9. The lowest BCUT2D eigenvalue weighted by Gasteiger charge is -2.35. The van der Waals surface area contributed by atoms with Crippen molar-refractivity contribution in [1.29, 1.82) is 0 Å². The lowest BCUT2D eigenvalue weighted by molar-refractivity contribution is 0.161. The van der Waals surface area contributed by atoms with E-state index in [1.54, 1.807) is 12.1 Å². The van der Waals surface area contributed by atoms with Crippen molar-refractivity contribution in [3.63, 3.8) is 0 Å². The summed E-state index contributed by atoms with van der Waals surface area (Å²) in [6, 6.07) is 5.45. The van der Waals surface area contributed by atoms with Crippen LogP contribution in [0.1, 0.15) is 31.4 Å². The Bertz CT molecular complexity index is 397. The molecule has 1 aliphatic rings. The Morgan fingerprint density at radius 3 is 2.68 bits per heavy atom. The summed E-state index contributed by atoms with van der Waals surface area (Å²) in [5, 5.41) is 3.34. The molecular weight excluding hydrogens is 331 g/mol. The summed E-state index contributed by atoms with van der Waals surface area (Å²) in [6.07, 6.45) is 2.08. The summed E-state index contributed by atoms with van der Waals surface area (Å²) in [5.41, 5.74) is 0.827.